The van der Waals surface area contributed by atoms with Gasteiger partial charge in [-0.25, -0.2) is 14.8 Å². The number of ether oxygens (including phenoxy) is 2. The Hall–Kier alpha value is -3.76. The highest BCUT2D eigenvalue weighted by molar-refractivity contribution is 6.07. The molecule has 41 heavy (non-hydrogen) atoms. The lowest BCUT2D eigenvalue weighted by Crippen LogP contribution is -2.40. The van der Waals surface area contributed by atoms with Gasteiger partial charge in [0.15, 0.2) is 0 Å². The van der Waals surface area contributed by atoms with Gasteiger partial charge in [-0.2, -0.15) is 0 Å². The van der Waals surface area contributed by atoms with Gasteiger partial charge in [0.2, 0.25) is 0 Å². The molecule has 5 rings (SSSR count). The average molecular weight is 562 g/mol. The van der Waals surface area contributed by atoms with E-state index in [-0.39, 0.29) is 24.6 Å². The number of aliphatic hydroxyl groups excluding tert-OH is 1. The number of nitrogens with one attached hydrogen (secondary N) is 3. The lowest BCUT2D eigenvalue weighted by Gasteiger charge is -2.29. The zero-order chi connectivity index (χ0) is 28.4. The lowest BCUT2D eigenvalue weighted by molar-refractivity contribution is 0.0685. The number of nitrogens with zero attached hydrogens (tertiary/aromatic N) is 2. The first kappa shape index (κ1) is 28.8. The molecule has 4 N–H and O–H groups in total. The van der Waals surface area contributed by atoms with Gasteiger partial charge >= 0.3 is 6.09 Å². The number of para-hydroxylation sites is 1. The second-order valence-corrected chi connectivity index (χ2v) is 10.9. The molecule has 3 aromatic rings. The largest absolute Gasteiger partial charge is 0.449 e. The molecule has 1 aromatic carbocycles. The second kappa shape index (κ2) is 14.2. The van der Waals surface area contributed by atoms with Crippen LogP contribution >= 0.6 is 0 Å². The summed E-state index contributed by atoms with van der Waals surface area (Å²) < 4.78 is 10.8. The number of carbonyl (C=O) groups excluding carboxylic acids is 2. The van der Waals surface area contributed by atoms with Crippen LogP contribution in [0, 0.1) is 11.8 Å². The van der Waals surface area contributed by atoms with E-state index in [0.717, 1.165) is 55.0 Å². The molecule has 2 fully saturated rings. The van der Waals surface area contributed by atoms with E-state index in [4.69, 9.17) is 19.6 Å². The molecule has 218 valence electrons. The van der Waals surface area contributed by atoms with Gasteiger partial charge in [0, 0.05) is 49.5 Å². The van der Waals surface area contributed by atoms with Crippen molar-refractivity contribution in [3.05, 3.63) is 54.2 Å². The summed E-state index contributed by atoms with van der Waals surface area (Å²) in [7, 11) is 0. The molecule has 0 spiro atoms. The van der Waals surface area contributed by atoms with Gasteiger partial charge in [-0.1, -0.05) is 18.2 Å². The summed E-state index contributed by atoms with van der Waals surface area (Å²) >= 11 is 0. The van der Waals surface area contributed by atoms with Crippen molar-refractivity contribution in [3.63, 3.8) is 0 Å². The molecule has 10 heteroatoms. The monoisotopic (exact) mass is 561 g/mol. The Labute approximate surface area is 240 Å². The number of hydrogen-bond donors (Lipinski definition) is 4. The third kappa shape index (κ3) is 7.92. The zero-order valence-corrected chi connectivity index (χ0v) is 23.3. The summed E-state index contributed by atoms with van der Waals surface area (Å²) in [4.78, 5) is 34.7. The van der Waals surface area contributed by atoms with E-state index < -0.39 is 0 Å². The molecule has 2 amide bonds. The maximum absolute atomic E-state index is 13.4. The Morgan fingerprint density at radius 1 is 1.00 bits per heavy atom. The second-order valence-electron chi connectivity index (χ2n) is 10.9. The number of carbonyl (C=O) groups is 2. The van der Waals surface area contributed by atoms with Gasteiger partial charge in [-0.05, 0) is 74.6 Å². The van der Waals surface area contributed by atoms with Crippen molar-refractivity contribution in [2.45, 2.75) is 44.6 Å². The third-order valence-electron chi connectivity index (χ3n) is 7.95. The van der Waals surface area contributed by atoms with E-state index >= 15 is 0 Å². The van der Waals surface area contributed by atoms with Crippen LogP contribution in [0.2, 0.25) is 0 Å². The Kier molecular flexibility index (Phi) is 9.98. The van der Waals surface area contributed by atoms with E-state index in [9.17, 15) is 9.59 Å². The van der Waals surface area contributed by atoms with Crippen LogP contribution in [0.25, 0.3) is 22.2 Å². The van der Waals surface area contributed by atoms with Crippen LogP contribution in [0.15, 0.2) is 48.7 Å². The van der Waals surface area contributed by atoms with E-state index in [0.29, 0.717) is 61.8 Å². The van der Waals surface area contributed by atoms with Gasteiger partial charge in [0.05, 0.1) is 30.0 Å². The molecule has 0 atom stereocenters. The number of fused-ring (bicyclic) bond motifs is 1. The molecule has 3 heterocycles. The number of pyridine rings is 2. The van der Waals surface area contributed by atoms with Crippen LogP contribution in [0.3, 0.4) is 0 Å². The number of amides is 2. The number of anilines is 1. The molecule has 0 unspecified atom stereocenters. The highest BCUT2D eigenvalue weighted by atomic mass is 16.5. The number of alkyl carbamates (subject to hydrolysis) is 1. The van der Waals surface area contributed by atoms with Crippen molar-refractivity contribution in [1.29, 1.82) is 0 Å². The minimum Gasteiger partial charge on any atom is -0.449 e. The molecule has 1 aliphatic carbocycles. The predicted octanol–water partition coefficient (Wildman–Crippen LogP) is 4.14. The molecule has 0 bridgehead atoms. The Bertz CT molecular complexity index is 1300. The predicted molar refractivity (Wildman–Crippen MR) is 157 cm³/mol. The molecule has 10 nitrogen and oxygen atoms in total. The molecular formula is C31H39N5O5. The van der Waals surface area contributed by atoms with E-state index in [1.807, 2.05) is 42.5 Å². The molecule has 1 saturated heterocycles. The summed E-state index contributed by atoms with van der Waals surface area (Å²) in [5.41, 5.74) is 2.82. The van der Waals surface area contributed by atoms with E-state index in [2.05, 4.69) is 20.9 Å². The minimum atomic E-state index is -0.333. The Balaban J connectivity index is 1.13. The number of benzene rings is 1. The number of hydrogen-bond acceptors (Lipinski definition) is 8. The fourth-order valence-electron chi connectivity index (χ4n) is 5.52. The van der Waals surface area contributed by atoms with Crippen molar-refractivity contribution < 1.29 is 24.2 Å². The first-order valence-corrected chi connectivity index (χ1v) is 14.6. The van der Waals surface area contributed by atoms with E-state index in [1.54, 1.807) is 6.20 Å². The third-order valence-corrected chi connectivity index (χ3v) is 7.95. The molecule has 1 aliphatic heterocycles. The molecular weight excluding hydrogens is 522 g/mol. The number of rotatable bonds is 10. The normalized spacial score (nSPS) is 19.4. The summed E-state index contributed by atoms with van der Waals surface area (Å²) in [6.45, 7) is 2.86. The lowest BCUT2D eigenvalue weighted by atomic mass is 9.82. The van der Waals surface area contributed by atoms with Crippen LogP contribution in [-0.2, 0) is 9.47 Å². The van der Waals surface area contributed by atoms with Gasteiger partial charge in [0.25, 0.3) is 5.91 Å². The van der Waals surface area contributed by atoms with Crippen LogP contribution in [0.1, 0.15) is 48.9 Å². The van der Waals surface area contributed by atoms with Gasteiger partial charge in [-0.15, -0.1) is 0 Å². The SMILES string of the molecule is O=C(NC1CCOCC1)OCC1CCC(CNC(=O)c2cc(-c3ccc(NCCO)nc3)nc3ccccc23)CC1. The summed E-state index contributed by atoms with van der Waals surface area (Å²) in [6.07, 6.45) is 6.97. The topological polar surface area (TPSA) is 135 Å². The van der Waals surface area contributed by atoms with Crippen molar-refractivity contribution >= 4 is 28.7 Å². The Morgan fingerprint density at radius 3 is 2.54 bits per heavy atom. The quantitative estimate of drug-likeness (QED) is 0.290. The molecule has 2 aromatic heterocycles. The fourth-order valence-corrected chi connectivity index (χ4v) is 5.52. The van der Waals surface area contributed by atoms with Crippen molar-refractivity contribution in [1.82, 2.24) is 20.6 Å². The first-order chi connectivity index (χ1) is 20.1. The van der Waals surface area contributed by atoms with Gasteiger partial charge in [-0.3, -0.25) is 4.79 Å². The average Bonchev–Trinajstić information content (AvgIpc) is 3.02. The van der Waals surface area contributed by atoms with Crippen LogP contribution in [0.4, 0.5) is 10.6 Å². The van der Waals surface area contributed by atoms with Crippen molar-refractivity contribution in [2.24, 2.45) is 11.8 Å². The maximum atomic E-state index is 13.4. The van der Waals surface area contributed by atoms with Crippen molar-refractivity contribution in [2.75, 3.05) is 44.8 Å². The standard InChI is InChI=1S/C31H39N5O5/c37-14-13-32-29-10-9-23(19-33-29)28-17-26(25-3-1-2-4-27(25)36-28)30(38)34-18-21-5-7-22(8-6-21)20-41-31(39)35-24-11-15-40-16-12-24/h1-4,9-10,17,19,21-22,24,37H,5-8,11-16,18,20H2,(H,32,33)(H,34,38)(H,35,39). The molecule has 2 aliphatic rings. The number of aliphatic hydroxyl groups is 1. The van der Waals surface area contributed by atoms with Crippen LogP contribution in [0.5, 0.6) is 0 Å². The van der Waals surface area contributed by atoms with Crippen LogP contribution < -0.4 is 16.0 Å². The smallest absolute Gasteiger partial charge is 0.407 e. The Morgan fingerprint density at radius 2 is 1.78 bits per heavy atom. The highest BCUT2D eigenvalue weighted by Crippen LogP contribution is 2.29. The number of aromatic nitrogens is 2. The van der Waals surface area contributed by atoms with Gasteiger partial charge < -0.3 is 30.5 Å². The maximum Gasteiger partial charge on any atom is 0.407 e. The molecule has 0 radical (unpaired) electrons. The summed E-state index contributed by atoms with van der Waals surface area (Å²) in [5.74, 6) is 1.30. The van der Waals surface area contributed by atoms with Crippen molar-refractivity contribution in [3.8, 4) is 11.3 Å². The summed E-state index contributed by atoms with van der Waals surface area (Å²) in [5, 5.41) is 19.0. The summed E-state index contributed by atoms with van der Waals surface area (Å²) in [6, 6.07) is 13.4. The fraction of sp³-hybridized carbons (Fsp3) is 0.484. The van der Waals surface area contributed by atoms with E-state index in [1.165, 1.54) is 0 Å². The highest BCUT2D eigenvalue weighted by Gasteiger charge is 2.24. The zero-order valence-electron chi connectivity index (χ0n) is 23.3. The minimum absolute atomic E-state index is 0.0276. The van der Waals surface area contributed by atoms with Gasteiger partial charge in [0.1, 0.15) is 5.82 Å². The molecule has 1 saturated carbocycles. The van der Waals surface area contributed by atoms with Crippen LogP contribution in [-0.4, -0.2) is 72.6 Å². The first-order valence-electron chi connectivity index (χ1n) is 14.6.